The lowest BCUT2D eigenvalue weighted by Gasteiger charge is -2.09. The van der Waals surface area contributed by atoms with Gasteiger partial charge in [-0.15, -0.1) is 0 Å². The number of esters is 1. The van der Waals surface area contributed by atoms with Crippen LogP contribution in [0.5, 0.6) is 0 Å². The van der Waals surface area contributed by atoms with Crippen LogP contribution < -0.4 is 5.14 Å². The molecule has 0 unspecified atom stereocenters. The van der Waals surface area contributed by atoms with Crippen LogP contribution in [-0.2, 0) is 14.8 Å². The summed E-state index contributed by atoms with van der Waals surface area (Å²) in [5.74, 6) is -0.664. The highest BCUT2D eigenvalue weighted by atomic mass is 79.9. The fourth-order valence-electron chi connectivity index (χ4n) is 1.65. The normalized spacial score (nSPS) is 11.4. The maximum absolute atomic E-state index is 12.0. The Balaban J connectivity index is 2.86. The molecule has 0 aliphatic heterocycles. The van der Waals surface area contributed by atoms with Crippen LogP contribution in [0.1, 0.15) is 43.0 Å². The summed E-state index contributed by atoms with van der Waals surface area (Å²) in [7, 11) is -3.93. The highest BCUT2D eigenvalue weighted by Crippen LogP contribution is 2.30. The molecule has 0 spiro atoms. The van der Waals surface area contributed by atoms with Crippen molar-refractivity contribution in [1.82, 2.24) is 0 Å². The molecule has 0 saturated heterocycles. The van der Waals surface area contributed by atoms with Gasteiger partial charge in [0.25, 0.3) is 0 Å². The van der Waals surface area contributed by atoms with Crippen molar-refractivity contribution in [2.45, 2.75) is 37.5 Å². The number of primary sulfonamides is 1. The first-order valence-electron chi connectivity index (χ1n) is 6.46. The molecule has 0 bridgehead atoms. The van der Waals surface area contributed by atoms with Gasteiger partial charge in [0, 0.05) is 4.47 Å². The first-order valence-corrected chi connectivity index (χ1v) is 9.18. The molecule has 118 valence electrons. The average molecular weight is 399 g/mol. The molecular weight excluding hydrogens is 382 g/mol. The summed E-state index contributed by atoms with van der Waals surface area (Å²) in [6.07, 6.45) is 3.89. The van der Waals surface area contributed by atoms with Gasteiger partial charge in [0.2, 0.25) is 10.0 Å². The molecular formula is C13H17BrClNO4S. The van der Waals surface area contributed by atoms with Crippen LogP contribution in [0.15, 0.2) is 21.5 Å². The van der Waals surface area contributed by atoms with Gasteiger partial charge in [-0.05, 0) is 34.5 Å². The van der Waals surface area contributed by atoms with E-state index >= 15 is 0 Å². The van der Waals surface area contributed by atoms with Crippen LogP contribution in [0.3, 0.4) is 0 Å². The van der Waals surface area contributed by atoms with Crippen molar-refractivity contribution in [3.05, 3.63) is 27.2 Å². The second-order valence-corrected chi connectivity index (χ2v) is 7.30. The van der Waals surface area contributed by atoms with Crippen molar-refractivity contribution in [3.8, 4) is 0 Å². The molecule has 0 heterocycles. The predicted molar refractivity (Wildman–Crippen MR) is 84.9 cm³/mol. The number of halogens is 2. The topological polar surface area (TPSA) is 86.5 Å². The van der Waals surface area contributed by atoms with Gasteiger partial charge in [-0.3, -0.25) is 0 Å². The summed E-state index contributed by atoms with van der Waals surface area (Å²) >= 11 is 9.09. The lowest BCUT2D eigenvalue weighted by molar-refractivity contribution is 0.0497. The number of unbranched alkanes of at least 4 members (excludes halogenated alkanes) is 3. The van der Waals surface area contributed by atoms with Crippen molar-refractivity contribution in [2.24, 2.45) is 5.14 Å². The summed E-state index contributed by atoms with van der Waals surface area (Å²) in [5.41, 5.74) is -0.0226. The van der Waals surface area contributed by atoms with E-state index in [1.54, 1.807) is 0 Å². The molecule has 5 nitrogen and oxygen atoms in total. The monoisotopic (exact) mass is 397 g/mol. The first-order chi connectivity index (χ1) is 9.77. The summed E-state index contributed by atoms with van der Waals surface area (Å²) < 4.78 is 28.1. The number of hydrogen-bond acceptors (Lipinski definition) is 4. The molecule has 0 fully saturated rings. The molecule has 1 aromatic carbocycles. The number of benzene rings is 1. The Morgan fingerprint density at radius 2 is 2.00 bits per heavy atom. The van der Waals surface area contributed by atoms with Crippen molar-refractivity contribution in [3.63, 3.8) is 0 Å². The molecule has 0 atom stereocenters. The summed E-state index contributed by atoms with van der Waals surface area (Å²) in [4.78, 5) is 11.8. The quantitative estimate of drug-likeness (QED) is 0.562. The zero-order valence-electron chi connectivity index (χ0n) is 11.6. The highest BCUT2D eigenvalue weighted by Gasteiger charge is 2.19. The maximum atomic E-state index is 12.0. The van der Waals surface area contributed by atoms with E-state index in [1.807, 2.05) is 0 Å². The van der Waals surface area contributed by atoms with Crippen LogP contribution in [0.2, 0.25) is 5.02 Å². The Kier molecular flexibility index (Phi) is 7.12. The number of carbonyl (C=O) groups excluding carboxylic acids is 1. The molecule has 1 rings (SSSR count). The zero-order valence-corrected chi connectivity index (χ0v) is 14.7. The Hall–Kier alpha value is -0.630. The lowest BCUT2D eigenvalue weighted by atomic mass is 10.2. The van der Waals surface area contributed by atoms with Crippen LogP contribution in [0.4, 0.5) is 0 Å². The Morgan fingerprint density at radius 1 is 1.33 bits per heavy atom. The van der Waals surface area contributed by atoms with E-state index in [9.17, 15) is 13.2 Å². The van der Waals surface area contributed by atoms with E-state index in [-0.39, 0.29) is 26.6 Å². The van der Waals surface area contributed by atoms with Gasteiger partial charge in [0.1, 0.15) is 0 Å². The van der Waals surface area contributed by atoms with Crippen molar-refractivity contribution in [1.29, 1.82) is 0 Å². The largest absolute Gasteiger partial charge is 0.462 e. The number of ether oxygens (including phenoxy) is 1. The van der Waals surface area contributed by atoms with Crippen LogP contribution in [0, 0.1) is 0 Å². The molecule has 21 heavy (non-hydrogen) atoms. The van der Waals surface area contributed by atoms with Gasteiger partial charge in [-0.25, -0.2) is 18.4 Å². The number of nitrogens with two attached hydrogens (primary N) is 1. The van der Waals surface area contributed by atoms with Crippen LogP contribution in [-0.4, -0.2) is 21.0 Å². The Bertz CT molecular complexity index is 619. The van der Waals surface area contributed by atoms with Gasteiger partial charge < -0.3 is 4.74 Å². The molecule has 0 saturated carbocycles. The zero-order chi connectivity index (χ0) is 16.0. The van der Waals surface area contributed by atoms with E-state index in [2.05, 4.69) is 22.9 Å². The molecule has 1 aromatic rings. The molecule has 0 aliphatic rings. The first kappa shape index (κ1) is 18.4. The van der Waals surface area contributed by atoms with Gasteiger partial charge in [0.15, 0.2) is 0 Å². The predicted octanol–water partition coefficient (Wildman–Crippen LogP) is 3.49. The SMILES string of the molecule is CCCCCCOC(=O)c1cc(S(N)(=O)=O)cc(Br)c1Cl. The average Bonchev–Trinajstić information content (AvgIpc) is 2.40. The number of sulfonamides is 1. The minimum Gasteiger partial charge on any atom is -0.462 e. The van der Waals surface area contributed by atoms with E-state index in [0.717, 1.165) is 31.7 Å². The van der Waals surface area contributed by atoms with E-state index in [1.165, 1.54) is 6.07 Å². The third-order valence-electron chi connectivity index (χ3n) is 2.78. The Morgan fingerprint density at radius 3 is 2.57 bits per heavy atom. The molecule has 0 aliphatic carbocycles. The second-order valence-electron chi connectivity index (χ2n) is 4.51. The fourth-order valence-corrected chi connectivity index (χ4v) is 3.01. The minimum absolute atomic E-state index is 0.0226. The van der Waals surface area contributed by atoms with Crippen molar-refractivity contribution in [2.75, 3.05) is 6.61 Å². The number of rotatable bonds is 7. The standard InChI is InChI=1S/C13H17BrClNO4S/c1-2-3-4-5-6-20-13(17)10-7-9(21(16,18)19)8-11(14)12(10)15/h7-8H,2-6H2,1H3,(H2,16,18,19). The van der Waals surface area contributed by atoms with E-state index in [4.69, 9.17) is 21.5 Å². The third kappa shape index (κ3) is 5.58. The summed E-state index contributed by atoms with van der Waals surface area (Å²) in [5, 5.41) is 5.15. The lowest BCUT2D eigenvalue weighted by Crippen LogP contribution is -2.14. The van der Waals surface area contributed by atoms with Crippen molar-refractivity contribution < 1.29 is 17.9 Å². The number of hydrogen-bond donors (Lipinski definition) is 1. The molecule has 0 aromatic heterocycles. The minimum atomic E-state index is -3.93. The smallest absolute Gasteiger partial charge is 0.339 e. The van der Waals surface area contributed by atoms with Gasteiger partial charge in [-0.1, -0.05) is 37.8 Å². The third-order valence-corrected chi connectivity index (χ3v) is 4.93. The van der Waals surface area contributed by atoms with Gasteiger partial charge in [-0.2, -0.15) is 0 Å². The molecule has 0 amide bonds. The van der Waals surface area contributed by atoms with Gasteiger partial charge in [0.05, 0.1) is 22.1 Å². The van der Waals surface area contributed by atoms with E-state index in [0.29, 0.717) is 0 Å². The van der Waals surface area contributed by atoms with Crippen LogP contribution >= 0.6 is 27.5 Å². The second kappa shape index (κ2) is 8.12. The highest BCUT2D eigenvalue weighted by molar-refractivity contribution is 9.10. The fraction of sp³-hybridized carbons (Fsp3) is 0.462. The number of carbonyl (C=O) groups is 1. The van der Waals surface area contributed by atoms with E-state index < -0.39 is 16.0 Å². The maximum Gasteiger partial charge on any atom is 0.339 e. The van der Waals surface area contributed by atoms with Crippen molar-refractivity contribution >= 4 is 43.5 Å². The Labute approximate surface area is 138 Å². The molecule has 2 N–H and O–H groups in total. The molecule has 0 radical (unpaired) electrons. The summed E-state index contributed by atoms with van der Waals surface area (Å²) in [6, 6.07) is 2.37. The van der Waals surface area contributed by atoms with Crippen LogP contribution in [0.25, 0.3) is 0 Å². The molecule has 8 heteroatoms. The summed E-state index contributed by atoms with van der Waals surface area (Å²) in [6.45, 7) is 2.36. The van der Waals surface area contributed by atoms with Gasteiger partial charge >= 0.3 is 5.97 Å².